The molecule has 0 aliphatic carbocycles. The smallest absolute Gasteiger partial charge is 0.508 e. The molecular formula is C14H17FO4. The summed E-state index contributed by atoms with van der Waals surface area (Å²) in [6, 6.07) is 3.86. The molecule has 1 aromatic carbocycles. The minimum atomic E-state index is -0.730. The highest BCUT2D eigenvalue weighted by atomic mass is 19.1. The van der Waals surface area contributed by atoms with E-state index in [-0.39, 0.29) is 18.2 Å². The van der Waals surface area contributed by atoms with Gasteiger partial charge in [-0.1, -0.05) is 5.57 Å². The average Bonchev–Trinajstić information content (AvgIpc) is 2.39. The van der Waals surface area contributed by atoms with Gasteiger partial charge in [0.1, 0.15) is 18.2 Å². The van der Waals surface area contributed by atoms with Crippen LogP contribution < -0.4 is 0 Å². The Morgan fingerprint density at radius 1 is 1.47 bits per heavy atom. The van der Waals surface area contributed by atoms with Gasteiger partial charge < -0.3 is 14.6 Å². The van der Waals surface area contributed by atoms with E-state index in [1.165, 1.54) is 25.3 Å². The van der Waals surface area contributed by atoms with Gasteiger partial charge in [0.05, 0.1) is 7.11 Å². The summed E-state index contributed by atoms with van der Waals surface area (Å²) >= 11 is 0. The summed E-state index contributed by atoms with van der Waals surface area (Å²) in [4.78, 5) is 10.7. The number of halogens is 1. The van der Waals surface area contributed by atoms with Gasteiger partial charge in [0, 0.05) is 0 Å². The third-order valence-electron chi connectivity index (χ3n) is 2.63. The molecule has 0 heterocycles. The van der Waals surface area contributed by atoms with Crippen molar-refractivity contribution in [3.05, 3.63) is 41.2 Å². The third kappa shape index (κ3) is 5.42. The quantitative estimate of drug-likeness (QED) is 0.658. The van der Waals surface area contributed by atoms with Crippen LogP contribution in [0.1, 0.15) is 18.9 Å². The van der Waals surface area contributed by atoms with Crippen molar-refractivity contribution >= 4 is 6.16 Å². The molecule has 0 unspecified atom stereocenters. The number of phenolic OH excluding ortho intramolecular Hbond substituents is 1. The van der Waals surface area contributed by atoms with Gasteiger partial charge in [0.15, 0.2) is 0 Å². The number of phenols is 1. The fourth-order valence-electron chi connectivity index (χ4n) is 1.50. The predicted octanol–water partition coefficient (Wildman–Crippen LogP) is 3.19. The topological polar surface area (TPSA) is 55.8 Å². The van der Waals surface area contributed by atoms with Gasteiger partial charge in [-0.05, 0) is 49.6 Å². The van der Waals surface area contributed by atoms with Gasteiger partial charge in [-0.3, -0.25) is 0 Å². The molecule has 0 aromatic heterocycles. The van der Waals surface area contributed by atoms with Crippen LogP contribution in [0.4, 0.5) is 9.18 Å². The molecule has 1 aromatic rings. The van der Waals surface area contributed by atoms with Crippen molar-refractivity contribution in [2.45, 2.75) is 19.8 Å². The fourth-order valence-corrected chi connectivity index (χ4v) is 1.50. The van der Waals surface area contributed by atoms with Crippen molar-refractivity contribution in [2.75, 3.05) is 13.7 Å². The van der Waals surface area contributed by atoms with Gasteiger partial charge in [0.2, 0.25) is 0 Å². The van der Waals surface area contributed by atoms with Crippen LogP contribution in [0.15, 0.2) is 29.8 Å². The van der Waals surface area contributed by atoms with E-state index in [0.717, 1.165) is 5.57 Å². The molecule has 0 fully saturated rings. The summed E-state index contributed by atoms with van der Waals surface area (Å²) in [6.07, 6.45) is 2.17. The van der Waals surface area contributed by atoms with Crippen LogP contribution in [0.5, 0.6) is 5.75 Å². The van der Waals surface area contributed by atoms with Gasteiger partial charge in [-0.25, -0.2) is 9.18 Å². The van der Waals surface area contributed by atoms with E-state index < -0.39 is 6.16 Å². The standard InChI is InChI=1S/C14H17FO4/c1-10(7-8-19-14(17)18-2)3-4-11-9-12(15)5-6-13(11)16/h5-7,9,16H,3-4,8H2,1-2H3/b10-7+. The van der Waals surface area contributed by atoms with Crippen molar-refractivity contribution in [3.8, 4) is 5.75 Å². The largest absolute Gasteiger partial charge is 0.508 e. The van der Waals surface area contributed by atoms with Crippen molar-refractivity contribution < 1.29 is 23.8 Å². The van der Waals surface area contributed by atoms with Crippen LogP contribution in [0.2, 0.25) is 0 Å². The zero-order valence-corrected chi connectivity index (χ0v) is 11.0. The average molecular weight is 268 g/mol. The Hall–Kier alpha value is -2.04. The molecule has 0 spiro atoms. The molecule has 19 heavy (non-hydrogen) atoms. The summed E-state index contributed by atoms with van der Waals surface area (Å²) in [5.74, 6) is -0.288. The van der Waals surface area contributed by atoms with Gasteiger partial charge in [-0.15, -0.1) is 0 Å². The SMILES string of the molecule is COC(=O)OC/C=C(\C)CCc1cc(F)ccc1O. The molecule has 5 heteroatoms. The third-order valence-corrected chi connectivity index (χ3v) is 2.63. The molecule has 0 saturated carbocycles. The van der Waals surface area contributed by atoms with E-state index in [2.05, 4.69) is 4.74 Å². The first-order valence-corrected chi connectivity index (χ1v) is 5.86. The lowest BCUT2D eigenvalue weighted by atomic mass is 10.0. The van der Waals surface area contributed by atoms with Crippen LogP contribution in [-0.4, -0.2) is 25.0 Å². The van der Waals surface area contributed by atoms with Crippen LogP contribution in [-0.2, 0) is 15.9 Å². The zero-order valence-electron chi connectivity index (χ0n) is 11.0. The van der Waals surface area contributed by atoms with Crippen LogP contribution >= 0.6 is 0 Å². The number of rotatable bonds is 5. The second-order valence-corrected chi connectivity index (χ2v) is 4.09. The number of carbonyl (C=O) groups excluding carboxylic acids is 1. The number of hydrogen-bond donors (Lipinski definition) is 1. The maximum atomic E-state index is 13.0. The number of carbonyl (C=O) groups is 1. The fraction of sp³-hybridized carbons (Fsp3) is 0.357. The lowest BCUT2D eigenvalue weighted by molar-refractivity contribution is 0.0816. The van der Waals surface area contributed by atoms with Crippen LogP contribution in [0, 0.1) is 5.82 Å². The number of methoxy groups -OCH3 is 1. The summed E-state index contributed by atoms with van der Waals surface area (Å²) in [5.41, 5.74) is 1.54. The Kier molecular flexibility index (Phi) is 5.85. The first kappa shape index (κ1) is 15.0. The number of allylic oxidation sites excluding steroid dienone is 1. The molecule has 104 valence electrons. The highest BCUT2D eigenvalue weighted by molar-refractivity contribution is 5.59. The minimum Gasteiger partial charge on any atom is -0.508 e. The van der Waals surface area contributed by atoms with E-state index >= 15 is 0 Å². The number of aromatic hydroxyl groups is 1. The second-order valence-electron chi connectivity index (χ2n) is 4.09. The van der Waals surface area contributed by atoms with Gasteiger partial charge in [-0.2, -0.15) is 0 Å². The Morgan fingerprint density at radius 3 is 2.89 bits per heavy atom. The van der Waals surface area contributed by atoms with Crippen molar-refractivity contribution in [1.82, 2.24) is 0 Å². The van der Waals surface area contributed by atoms with Crippen molar-refractivity contribution in [1.29, 1.82) is 0 Å². The predicted molar refractivity (Wildman–Crippen MR) is 68.5 cm³/mol. The van der Waals surface area contributed by atoms with E-state index in [9.17, 15) is 14.3 Å². The second kappa shape index (κ2) is 7.41. The lowest BCUT2D eigenvalue weighted by Gasteiger charge is -2.05. The van der Waals surface area contributed by atoms with Crippen LogP contribution in [0.25, 0.3) is 0 Å². The normalized spacial score (nSPS) is 11.2. The zero-order chi connectivity index (χ0) is 14.3. The lowest BCUT2D eigenvalue weighted by Crippen LogP contribution is -2.04. The monoisotopic (exact) mass is 268 g/mol. The molecule has 0 saturated heterocycles. The molecule has 1 N–H and O–H groups in total. The number of benzene rings is 1. The Bertz CT molecular complexity index is 469. The van der Waals surface area contributed by atoms with E-state index in [0.29, 0.717) is 18.4 Å². The Labute approximate surface area is 111 Å². The van der Waals surface area contributed by atoms with E-state index in [1.807, 2.05) is 6.92 Å². The summed E-state index contributed by atoms with van der Waals surface area (Å²) in [6.45, 7) is 2.00. The summed E-state index contributed by atoms with van der Waals surface area (Å²) < 4.78 is 22.0. The minimum absolute atomic E-state index is 0.0833. The first-order valence-electron chi connectivity index (χ1n) is 5.86. The highest BCUT2D eigenvalue weighted by Crippen LogP contribution is 2.20. The number of ether oxygens (including phenoxy) is 2. The molecule has 0 bridgehead atoms. The summed E-state index contributed by atoms with van der Waals surface area (Å²) in [7, 11) is 1.24. The summed E-state index contributed by atoms with van der Waals surface area (Å²) in [5, 5.41) is 9.56. The molecule has 0 radical (unpaired) electrons. The molecule has 0 aliphatic rings. The Balaban J connectivity index is 2.45. The van der Waals surface area contributed by atoms with Crippen molar-refractivity contribution in [2.24, 2.45) is 0 Å². The molecule has 0 aliphatic heterocycles. The molecule has 1 rings (SSSR count). The number of hydrogen-bond acceptors (Lipinski definition) is 4. The van der Waals surface area contributed by atoms with Crippen LogP contribution in [0.3, 0.4) is 0 Å². The van der Waals surface area contributed by atoms with Gasteiger partial charge >= 0.3 is 6.16 Å². The number of aryl methyl sites for hydroxylation is 1. The maximum absolute atomic E-state index is 13.0. The van der Waals surface area contributed by atoms with E-state index in [1.54, 1.807) is 6.08 Å². The Morgan fingerprint density at radius 2 is 2.21 bits per heavy atom. The van der Waals surface area contributed by atoms with Crippen molar-refractivity contribution in [3.63, 3.8) is 0 Å². The maximum Gasteiger partial charge on any atom is 0.508 e. The van der Waals surface area contributed by atoms with Gasteiger partial charge in [0.25, 0.3) is 0 Å². The molecule has 4 nitrogen and oxygen atoms in total. The highest BCUT2D eigenvalue weighted by Gasteiger charge is 2.03. The molecule has 0 atom stereocenters. The molecule has 0 amide bonds. The molecular weight excluding hydrogens is 251 g/mol. The van der Waals surface area contributed by atoms with E-state index in [4.69, 9.17) is 4.74 Å². The first-order chi connectivity index (χ1) is 9.02.